The second kappa shape index (κ2) is 9.72. The highest BCUT2D eigenvalue weighted by Crippen LogP contribution is 2.20. The smallest absolute Gasteiger partial charge is 0.359 e. The third-order valence-corrected chi connectivity index (χ3v) is 6.13. The molecule has 2 aromatic heterocycles. The van der Waals surface area contributed by atoms with Crippen molar-refractivity contribution in [1.29, 1.82) is 0 Å². The van der Waals surface area contributed by atoms with E-state index in [-0.39, 0.29) is 47.5 Å². The van der Waals surface area contributed by atoms with Crippen molar-refractivity contribution in [3.8, 4) is 0 Å². The summed E-state index contributed by atoms with van der Waals surface area (Å²) in [6, 6.07) is 4.91. The van der Waals surface area contributed by atoms with Gasteiger partial charge in [0.25, 0.3) is 5.56 Å². The predicted octanol–water partition coefficient (Wildman–Crippen LogP) is 1.91. The molecular formula is C23H26FN5O5. The molecule has 0 unspecified atom stereocenters. The van der Waals surface area contributed by atoms with Gasteiger partial charge < -0.3 is 14.6 Å². The summed E-state index contributed by atoms with van der Waals surface area (Å²) in [6.07, 6.45) is 1.19. The number of carbonyl (C=O) groups excluding carboxylic acids is 2. The Hall–Kier alpha value is -3.60. The Bertz CT molecular complexity index is 1290. The number of hydrogen-bond donors (Lipinski definition) is 1. The molecule has 1 aliphatic rings. The van der Waals surface area contributed by atoms with Crippen LogP contribution < -0.4 is 10.9 Å². The summed E-state index contributed by atoms with van der Waals surface area (Å²) in [5.41, 5.74) is 0.795. The fraction of sp³-hybridized carbons (Fsp3) is 0.435. The van der Waals surface area contributed by atoms with Crippen LogP contribution in [0.15, 0.2) is 27.5 Å². The number of hydrogen-bond acceptors (Lipinski definition) is 8. The number of methoxy groups -OCH3 is 1. The Morgan fingerprint density at radius 3 is 2.68 bits per heavy atom. The zero-order valence-electron chi connectivity index (χ0n) is 19.3. The average molecular weight is 471 g/mol. The lowest BCUT2D eigenvalue weighted by Crippen LogP contribution is -2.43. The van der Waals surface area contributed by atoms with Gasteiger partial charge in [0.15, 0.2) is 11.2 Å². The summed E-state index contributed by atoms with van der Waals surface area (Å²) >= 11 is 0. The van der Waals surface area contributed by atoms with Gasteiger partial charge in [0.05, 0.1) is 19.2 Å². The van der Waals surface area contributed by atoms with Gasteiger partial charge in [0, 0.05) is 25.6 Å². The molecule has 1 aliphatic heterocycles. The lowest BCUT2D eigenvalue weighted by Gasteiger charge is -2.31. The number of aryl methyl sites for hydroxylation is 2. The number of esters is 1. The number of piperidine rings is 1. The van der Waals surface area contributed by atoms with E-state index < -0.39 is 11.5 Å². The molecule has 0 aliphatic carbocycles. The number of benzene rings is 1. The summed E-state index contributed by atoms with van der Waals surface area (Å²) in [5.74, 6) is -0.926. The van der Waals surface area contributed by atoms with E-state index in [0.29, 0.717) is 42.8 Å². The summed E-state index contributed by atoms with van der Waals surface area (Å²) in [6.45, 7) is 4.82. The highest BCUT2D eigenvalue weighted by molar-refractivity contribution is 6.01. The molecule has 1 saturated heterocycles. The first-order chi connectivity index (χ1) is 16.3. The first-order valence-corrected chi connectivity index (χ1v) is 11.0. The summed E-state index contributed by atoms with van der Waals surface area (Å²) in [4.78, 5) is 39.6. The first-order valence-electron chi connectivity index (χ1n) is 11.0. The number of ether oxygens (including phenoxy) is 1. The number of likely N-dealkylation sites (tertiary alicyclic amines) is 1. The van der Waals surface area contributed by atoms with Crippen molar-refractivity contribution >= 4 is 22.8 Å². The zero-order valence-corrected chi connectivity index (χ0v) is 19.3. The number of nitrogens with one attached hydrogen (secondary N) is 1. The Morgan fingerprint density at radius 1 is 1.26 bits per heavy atom. The van der Waals surface area contributed by atoms with Gasteiger partial charge in [0.2, 0.25) is 5.91 Å². The van der Waals surface area contributed by atoms with Gasteiger partial charge in [-0.1, -0.05) is 17.3 Å². The highest BCUT2D eigenvalue weighted by Gasteiger charge is 2.27. The predicted molar refractivity (Wildman–Crippen MR) is 119 cm³/mol. The molecule has 1 aromatic carbocycles. The molecule has 4 rings (SSSR count). The number of rotatable bonds is 6. The number of fused-ring (bicyclic) bond motifs is 1. The SMILES string of the molecule is COC(=O)c1nn(CN2CCC(C(=O)NCc3ccc(C)c(F)c3)CC2)c(=O)c2noc(C)c12. The lowest BCUT2D eigenvalue weighted by molar-refractivity contribution is -0.126. The van der Waals surface area contributed by atoms with E-state index in [4.69, 9.17) is 9.26 Å². The quantitative estimate of drug-likeness (QED) is 0.542. The monoisotopic (exact) mass is 471 g/mol. The van der Waals surface area contributed by atoms with Crippen LogP contribution in [0.5, 0.6) is 0 Å². The molecule has 0 saturated carbocycles. The van der Waals surface area contributed by atoms with Crippen LogP contribution in [-0.4, -0.2) is 51.9 Å². The summed E-state index contributed by atoms with van der Waals surface area (Å²) < 4.78 is 24.8. The second-order valence-corrected chi connectivity index (χ2v) is 8.44. The van der Waals surface area contributed by atoms with Crippen molar-refractivity contribution < 1.29 is 23.2 Å². The molecule has 3 heterocycles. The van der Waals surface area contributed by atoms with Crippen molar-refractivity contribution in [3.05, 3.63) is 57.0 Å². The molecule has 1 amide bonds. The Balaban J connectivity index is 1.39. The van der Waals surface area contributed by atoms with E-state index in [1.807, 2.05) is 4.90 Å². The molecule has 1 N–H and O–H groups in total. The molecule has 180 valence electrons. The lowest BCUT2D eigenvalue weighted by atomic mass is 9.96. The average Bonchev–Trinajstić information content (AvgIpc) is 3.23. The molecule has 3 aromatic rings. The number of aromatic nitrogens is 3. The van der Waals surface area contributed by atoms with Gasteiger partial charge in [-0.15, -0.1) is 0 Å². The fourth-order valence-corrected chi connectivity index (χ4v) is 4.08. The van der Waals surface area contributed by atoms with E-state index in [0.717, 1.165) is 0 Å². The van der Waals surface area contributed by atoms with Gasteiger partial charge in [-0.05, 0) is 43.9 Å². The largest absolute Gasteiger partial charge is 0.464 e. The Labute approximate surface area is 194 Å². The molecule has 10 nitrogen and oxygen atoms in total. The van der Waals surface area contributed by atoms with Crippen molar-refractivity contribution in [2.75, 3.05) is 20.2 Å². The standard InChI is InChI=1S/C23H26FN5O5/c1-13-4-5-15(10-17(13)24)11-25-21(30)16-6-8-28(9-7-16)12-29-22(31)19-18(14(2)34-27-19)20(26-29)23(32)33-3/h4-5,10,16H,6-9,11-12H2,1-3H3,(H,25,30). The Morgan fingerprint density at radius 2 is 2.00 bits per heavy atom. The van der Waals surface area contributed by atoms with Gasteiger partial charge in [-0.3, -0.25) is 14.5 Å². The van der Waals surface area contributed by atoms with Crippen molar-refractivity contribution in [2.45, 2.75) is 39.9 Å². The van der Waals surface area contributed by atoms with Gasteiger partial charge >= 0.3 is 5.97 Å². The van der Waals surface area contributed by atoms with Crippen LogP contribution in [0.1, 0.15) is 40.2 Å². The fourth-order valence-electron chi connectivity index (χ4n) is 4.08. The highest BCUT2D eigenvalue weighted by atomic mass is 19.1. The molecule has 0 spiro atoms. The Kier molecular flexibility index (Phi) is 6.73. The molecule has 1 fully saturated rings. The topological polar surface area (TPSA) is 120 Å². The molecular weight excluding hydrogens is 445 g/mol. The van der Waals surface area contributed by atoms with E-state index in [9.17, 15) is 18.8 Å². The normalized spacial score (nSPS) is 14.9. The third-order valence-electron chi connectivity index (χ3n) is 6.13. The number of amides is 1. The van der Waals surface area contributed by atoms with Gasteiger partial charge in [0.1, 0.15) is 11.6 Å². The second-order valence-electron chi connectivity index (χ2n) is 8.44. The minimum atomic E-state index is -0.686. The van der Waals surface area contributed by atoms with Gasteiger partial charge in [-0.2, -0.15) is 5.10 Å². The van der Waals surface area contributed by atoms with Crippen LogP contribution >= 0.6 is 0 Å². The first kappa shape index (κ1) is 23.6. The number of halogens is 1. The van der Waals surface area contributed by atoms with Gasteiger partial charge in [-0.25, -0.2) is 13.9 Å². The molecule has 0 bridgehead atoms. The maximum absolute atomic E-state index is 13.7. The minimum absolute atomic E-state index is 0.0229. The molecule has 34 heavy (non-hydrogen) atoms. The summed E-state index contributed by atoms with van der Waals surface area (Å²) in [5, 5.41) is 11.1. The van der Waals surface area contributed by atoms with Crippen molar-refractivity contribution in [1.82, 2.24) is 25.2 Å². The zero-order chi connectivity index (χ0) is 24.4. The number of carbonyl (C=O) groups is 2. The van der Waals surface area contributed by atoms with E-state index in [1.165, 1.54) is 17.9 Å². The maximum Gasteiger partial charge on any atom is 0.359 e. The van der Waals surface area contributed by atoms with Crippen LogP contribution in [-0.2, 0) is 22.7 Å². The molecule has 11 heteroatoms. The van der Waals surface area contributed by atoms with Crippen LogP contribution in [0.25, 0.3) is 10.9 Å². The van der Waals surface area contributed by atoms with E-state index in [2.05, 4.69) is 15.6 Å². The summed E-state index contributed by atoms with van der Waals surface area (Å²) in [7, 11) is 1.24. The van der Waals surface area contributed by atoms with E-state index >= 15 is 0 Å². The number of nitrogens with zero attached hydrogens (tertiary/aromatic N) is 4. The van der Waals surface area contributed by atoms with Crippen molar-refractivity contribution in [2.24, 2.45) is 5.92 Å². The molecule has 0 radical (unpaired) electrons. The minimum Gasteiger partial charge on any atom is -0.464 e. The maximum atomic E-state index is 13.7. The van der Waals surface area contributed by atoms with Crippen LogP contribution in [0.2, 0.25) is 0 Å². The third kappa shape index (κ3) is 4.69. The van der Waals surface area contributed by atoms with Crippen LogP contribution in [0.4, 0.5) is 4.39 Å². The van der Waals surface area contributed by atoms with Crippen LogP contribution in [0, 0.1) is 25.6 Å². The van der Waals surface area contributed by atoms with Crippen LogP contribution in [0.3, 0.4) is 0 Å². The molecule has 0 atom stereocenters. The van der Waals surface area contributed by atoms with E-state index in [1.54, 1.807) is 26.0 Å². The van der Waals surface area contributed by atoms with Crippen molar-refractivity contribution in [3.63, 3.8) is 0 Å².